The van der Waals surface area contributed by atoms with Gasteiger partial charge in [-0.1, -0.05) is 20.3 Å². The molecule has 2 N–H and O–H groups in total. The van der Waals surface area contributed by atoms with Crippen LogP contribution < -0.4 is 0 Å². The quantitative estimate of drug-likeness (QED) is 0.809. The van der Waals surface area contributed by atoms with E-state index in [4.69, 9.17) is 0 Å². The van der Waals surface area contributed by atoms with Crippen molar-refractivity contribution in [3.8, 4) is 0 Å². The van der Waals surface area contributed by atoms with Crippen molar-refractivity contribution in [2.75, 3.05) is 13.2 Å². The first-order valence-electron chi connectivity index (χ1n) is 9.69. The molecule has 2 nitrogen and oxygen atoms in total. The van der Waals surface area contributed by atoms with Crippen molar-refractivity contribution in [1.29, 1.82) is 0 Å². The first-order chi connectivity index (χ1) is 10.5. The van der Waals surface area contributed by atoms with Gasteiger partial charge in [0.25, 0.3) is 0 Å². The maximum absolute atomic E-state index is 10.1. The summed E-state index contributed by atoms with van der Waals surface area (Å²) < 4.78 is 0. The van der Waals surface area contributed by atoms with Gasteiger partial charge >= 0.3 is 0 Å². The summed E-state index contributed by atoms with van der Waals surface area (Å²) in [6, 6.07) is 0. The Labute approximate surface area is 135 Å². The number of hydrogen-bond donors (Lipinski definition) is 2. The minimum absolute atomic E-state index is 0.153. The van der Waals surface area contributed by atoms with E-state index in [1.54, 1.807) is 0 Å². The van der Waals surface area contributed by atoms with Gasteiger partial charge in [0.05, 0.1) is 0 Å². The minimum atomic E-state index is 0.153. The third kappa shape index (κ3) is 1.86. The predicted octanol–water partition coefficient (Wildman–Crippen LogP) is 4.00. The second-order valence-corrected chi connectivity index (χ2v) is 9.87. The van der Waals surface area contributed by atoms with Crippen LogP contribution in [0.2, 0.25) is 0 Å². The maximum Gasteiger partial charge on any atom is 0.0487 e. The lowest BCUT2D eigenvalue weighted by atomic mass is 9.41. The molecule has 2 heteroatoms. The average molecular weight is 306 g/mol. The molecule has 2 unspecified atom stereocenters. The highest BCUT2D eigenvalue weighted by molar-refractivity contribution is 5.13. The Kier molecular flexibility index (Phi) is 3.48. The highest BCUT2D eigenvalue weighted by atomic mass is 16.3. The van der Waals surface area contributed by atoms with Gasteiger partial charge in [-0.15, -0.1) is 0 Å². The highest BCUT2D eigenvalue weighted by Crippen LogP contribution is 2.72. The Hall–Kier alpha value is -0.0800. The van der Waals surface area contributed by atoms with Crippen LogP contribution in [0.15, 0.2) is 0 Å². The van der Waals surface area contributed by atoms with E-state index in [2.05, 4.69) is 13.8 Å². The molecular formula is C20H34O2. The molecule has 126 valence electrons. The van der Waals surface area contributed by atoms with E-state index in [0.29, 0.717) is 35.9 Å². The first-order valence-corrected chi connectivity index (χ1v) is 9.69. The van der Waals surface area contributed by atoms with Crippen LogP contribution >= 0.6 is 0 Å². The van der Waals surface area contributed by atoms with Gasteiger partial charge < -0.3 is 10.2 Å². The Morgan fingerprint density at radius 3 is 2.45 bits per heavy atom. The molecule has 0 aromatic carbocycles. The lowest BCUT2D eigenvalue weighted by Gasteiger charge is -2.64. The monoisotopic (exact) mass is 306 g/mol. The summed E-state index contributed by atoms with van der Waals surface area (Å²) in [5.74, 6) is 2.93. The molecule has 0 aromatic rings. The van der Waals surface area contributed by atoms with Crippen LogP contribution in [-0.2, 0) is 0 Å². The Bertz CT molecular complexity index is 449. The molecule has 4 fully saturated rings. The Balaban J connectivity index is 1.69. The fourth-order valence-electron chi connectivity index (χ4n) is 8.13. The highest BCUT2D eigenvalue weighted by Gasteiger charge is 2.64. The fraction of sp³-hybridized carbons (Fsp3) is 1.00. The van der Waals surface area contributed by atoms with Crippen LogP contribution in [0.3, 0.4) is 0 Å². The Morgan fingerprint density at radius 2 is 1.73 bits per heavy atom. The van der Waals surface area contributed by atoms with Crippen LogP contribution in [0.25, 0.3) is 0 Å². The molecule has 4 saturated carbocycles. The van der Waals surface area contributed by atoms with Crippen molar-refractivity contribution < 1.29 is 10.2 Å². The van der Waals surface area contributed by atoms with E-state index in [9.17, 15) is 10.2 Å². The average Bonchev–Trinajstić information content (AvgIpc) is 2.77. The molecule has 0 aromatic heterocycles. The summed E-state index contributed by atoms with van der Waals surface area (Å²) >= 11 is 0. The summed E-state index contributed by atoms with van der Waals surface area (Å²) in [6.07, 6.45) is 12.0. The molecule has 4 aliphatic rings. The summed E-state index contributed by atoms with van der Waals surface area (Å²) in [5, 5.41) is 19.9. The molecule has 4 rings (SSSR count). The Morgan fingerprint density at radius 1 is 0.909 bits per heavy atom. The van der Waals surface area contributed by atoms with Crippen molar-refractivity contribution in [3.05, 3.63) is 0 Å². The summed E-state index contributed by atoms with van der Waals surface area (Å²) in [7, 11) is 0. The van der Waals surface area contributed by atoms with Crippen molar-refractivity contribution in [2.45, 2.75) is 71.6 Å². The third-order valence-corrected chi connectivity index (χ3v) is 8.99. The van der Waals surface area contributed by atoms with Gasteiger partial charge in [-0.2, -0.15) is 0 Å². The van der Waals surface area contributed by atoms with E-state index >= 15 is 0 Å². The molecular weight excluding hydrogens is 272 g/mol. The molecule has 0 radical (unpaired) electrons. The van der Waals surface area contributed by atoms with Gasteiger partial charge in [0, 0.05) is 13.2 Å². The third-order valence-electron chi connectivity index (χ3n) is 8.99. The second-order valence-electron chi connectivity index (χ2n) is 9.87. The van der Waals surface area contributed by atoms with Gasteiger partial charge in [0.1, 0.15) is 0 Å². The molecule has 4 aliphatic carbocycles. The molecule has 1 spiro atoms. The van der Waals surface area contributed by atoms with E-state index in [-0.39, 0.29) is 5.41 Å². The molecule has 0 aliphatic heterocycles. The lowest BCUT2D eigenvalue weighted by Crippen LogP contribution is -2.57. The number of hydrogen-bond acceptors (Lipinski definition) is 2. The van der Waals surface area contributed by atoms with Crippen LogP contribution in [0.4, 0.5) is 0 Å². The van der Waals surface area contributed by atoms with Gasteiger partial charge in [0.15, 0.2) is 0 Å². The van der Waals surface area contributed by atoms with Crippen molar-refractivity contribution in [1.82, 2.24) is 0 Å². The largest absolute Gasteiger partial charge is 0.396 e. The predicted molar refractivity (Wildman–Crippen MR) is 88.3 cm³/mol. The van der Waals surface area contributed by atoms with Gasteiger partial charge in [0.2, 0.25) is 0 Å². The van der Waals surface area contributed by atoms with Gasteiger partial charge in [-0.05, 0) is 91.3 Å². The number of aliphatic hydroxyl groups excluding tert-OH is 2. The number of aliphatic hydroxyl groups is 2. The van der Waals surface area contributed by atoms with Crippen molar-refractivity contribution in [3.63, 3.8) is 0 Å². The first kappa shape index (κ1) is 15.4. The van der Waals surface area contributed by atoms with E-state index in [1.807, 2.05) is 0 Å². The SMILES string of the molecule is C[C@@]1(CO)CCC[C@@]2(C)[C@@H]3CCC4CC3(CC[C@H]12)C[C@@H]4CO. The van der Waals surface area contributed by atoms with Gasteiger partial charge in [-0.3, -0.25) is 0 Å². The molecule has 0 amide bonds. The second kappa shape index (κ2) is 4.96. The van der Waals surface area contributed by atoms with Crippen LogP contribution in [0.5, 0.6) is 0 Å². The van der Waals surface area contributed by atoms with Crippen LogP contribution in [0, 0.1) is 39.9 Å². The molecule has 0 saturated heterocycles. The lowest BCUT2D eigenvalue weighted by molar-refractivity contribution is -0.159. The van der Waals surface area contributed by atoms with Crippen LogP contribution in [0.1, 0.15) is 71.6 Å². The summed E-state index contributed by atoms with van der Waals surface area (Å²) in [5.41, 5.74) is 1.12. The van der Waals surface area contributed by atoms with Crippen LogP contribution in [-0.4, -0.2) is 23.4 Å². The molecule has 7 atom stereocenters. The fourth-order valence-corrected chi connectivity index (χ4v) is 8.13. The maximum atomic E-state index is 10.1. The summed E-state index contributed by atoms with van der Waals surface area (Å²) in [6.45, 7) is 5.70. The molecule has 0 heterocycles. The van der Waals surface area contributed by atoms with E-state index < -0.39 is 0 Å². The topological polar surface area (TPSA) is 40.5 Å². The number of rotatable bonds is 2. The normalized spacial score (nSPS) is 57.3. The minimum Gasteiger partial charge on any atom is -0.396 e. The number of fused-ring (bicyclic) bond motifs is 3. The molecule has 2 bridgehead atoms. The standard InChI is InChI=1S/C20H34O2/c1-18(13-22)7-3-8-19(2)16(18)6-9-20-10-14(4-5-17(19)20)15(11-20)12-21/h14-17,21-22H,3-13H2,1-2H3/t14?,15-,16-,17+,18+,19-,20?/m1/s1. The van der Waals surface area contributed by atoms with Gasteiger partial charge in [-0.25, -0.2) is 0 Å². The zero-order chi connectivity index (χ0) is 15.6. The smallest absolute Gasteiger partial charge is 0.0487 e. The zero-order valence-electron chi connectivity index (χ0n) is 14.5. The van der Waals surface area contributed by atoms with E-state index in [0.717, 1.165) is 11.8 Å². The van der Waals surface area contributed by atoms with Crippen molar-refractivity contribution in [2.24, 2.45) is 39.9 Å². The zero-order valence-corrected chi connectivity index (χ0v) is 14.5. The van der Waals surface area contributed by atoms with Crippen molar-refractivity contribution >= 4 is 0 Å². The van der Waals surface area contributed by atoms with E-state index in [1.165, 1.54) is 57.8 Å². The summed E-state index contributed by atoms with van der Waals surface area (Å²) in [4.78, 5) is 0. The molecule has 22 heavy (non-hydrogen) atoms.